The molecular weight excluding hydrogens is 380 g/mol. The highest BCUT2D eigenvalue weighted by molar-refractivity contribution is 5.93. The van der Waals surface area contributed by atoms with Gasteiger partial charge in [0.05, 0.1) is 5.41 Å². The highest BCUT2D eigenvalue weighted by atomic mass is 16.2. The van der Waals surface area contributed by atoms with E-state index in [9.17, 15) is 9.59 Å². The number of piperidine rings is 1. The predicted molar refractivity (Wildman–Crippen MR) is 112 cm³/mol. The van der Waals surface area contributed by atoms with Crippen molar-refractivity contribution in [1.82, 2.24) is 24.3 Å². The standard InChI is InChI=1S/C22H28N6O2/c1-25-11-3-5-17(25)18(29)27-13-6-21(7-14-27)15-28(20-23-9-4-10-24-20)16-22(21)8-12-26(2)19(22)30/h3-5,9-11H,6-8,12-16H2,1-2H3/t22-/m1/s1. The summed E-state index contributed by atoms with van der Waals surface area (Å²) in [7, 11) is 3.80. The average molecular weight is 409 g/mol. The first kappa shape index (κ1) is 19.1. The lowest BCUT2D eigenvalue weighted by Gasteiger charge is -2.46. The number of nitrogens with zero attached hydrogens (tertiary/aromatic N) is 6. The lowest BCUT2D eigenvalue weighted by molar-refractivity contribution is -0.140. The molecule has 0 bridgehead atoms. The number of hydrogen-bond donors (Lipinski definition) is 0. The number of amides is 2. The van der Waals surface area contributed by atoms with Crippen LogP contribution in [0.2, 0.25) is 0 Å². The average Bonchev–Trinajstić information content (AvgIpc) is 3.42. The second-order valence-corrected chi connectivity index (χ2v) is 9.04. The lowest BCUT2D eigenvalue weighted by Crippen LogP contribution is -2.53. The molecule has 2 aromatic rings. The van der Waals surface area contributed by atoms with Gasteiger partial charge >= 0.3 is 0 Å². The zero-order chi connectivity index (χ0) is 20.9. The number of hydrogen-bond acceptors (Lipinski definition) is 5. The maximum Gasteiger partial charge on any atom is 0.270 e. The molecule has 0 saturated carbocycles. The quantitative estimate of drug-likeness (QED) is 0.751. The van der Waals surface area contributed by atoms with Crippen LogP contribution in [0, 0.1) is 10.8 Å². The third-order valence-electron chi connectivity index (χ3n) is 7.61. The van der Waals surface area contributed by atoms with Gasteiger partial charge in [-0.25, -0.2) is 9.97 Å². The molecule has 1 atom stereocenters. The van der Waals surface area contributed by atoms with E-state index in [1.165, 1.54) is 0 Å². The van der Waals surface area contributed by atoms with Crippen molar-refractivity contribution >= 4 is 17.8 Å². The fourth-order valence-corrected chi connectivity index (χ4v) is 5.85. The number of likely N-dealkylation sites (tertiary alicyclic amines) is 2. The molecule has 0 radical (unpaired) electrons. The summed E-state index contributed by atoms with van der Waals surface area (Å²) in [4.78, 5) is 41.3. The van der Waals surface area contributed by atoms with Crippen molar-refractivity contribution in [2.45, 2.75) is 19.3 Å². The fraction of sp³-hybridized carbons (Fsp3) is 0.545. The van der Waals surface area contributed by atoms with Gasteiger partial charge in [0.2, 0.25) is 11.9 Å². The molecule has 2 amide bonds. The maximum atomic E-state index is 13.4. The molecule has 3 fully saturated rings. The summed E-state index contributed by atoms with van der Waals surface area (Å²) in [5, 5.41) is 0. The molecular formula is C22H28N6O2. The molecule has 2 spiro atoms. The number of anilines is 1. The summed E-state index contributed by atoms with van der Waals surface area (Å²) >= 11 is 0. The molecule has 30 heavy (non-hydrogen) atoms. The van der Waals surface area contributed by atoms with E-state index in [2.05, 4.69) is 14.9 Å². The van der Waals surface area contributed by atoms with Crippen molar-refractivity contribution in [2.24, 2.45) is 17.9 Å². The van der Waals surface area contributed by atoms with Crippen LogP contribution in [0.3, 0.4) is 0 Å². The molecule has 0 aromatic carbocycles. The van der Waals surface area contributed by atoms with Gasteiger partial charge in [-0.1, -0.05) is 0 Å². The molecule has 5 rings (SSSR count). The summed E-state index contributed by atoms with van der Waals surface area (Å²) in [5.41, 5.74) is 0.142. The van der Waals surface area contributed by atoms with E-state index in [1.54, 1.807) is 12.4 Å². The van der Waals surface area contributed by atoms with E-state index in [1.807, 2.05) is 52.9 Å². The number of rotatable bonds is 2. The van der Waals surface area contributed by atoms with Gasteiger partial charge < -0.3 is 19.3 Å². The van der Waals surface area contributed by atoms with E-state index < -0.39 is 5.41 Å². The van der Waals surface area contributed by atoms with Gasteiger partial charge in [0, 0.05) is 70.8 Å². The van der Waals surface area contributed by atoms with Crippen LogP contribution in [-0.2, 0) is 11.8 Å². The van der Waals surface area contributed by atoms with Crippen LogP contribution >= 0.6 is 0 Å². The Bertz CT molecular complexity index is 965. The van der Waals surface area contributed by atoms with Crippen LogP contribution < -0.4 is 4.90 Å². The smallest absolute Gasteiger partial charge is 0.270 e. The monoisotopic (exact) mass is 408 g/mol. The summed E-state index contributed by atoms with van der Waals surface area (Å²) in [6, 6.07) is 5.58. The Hall–Kier alpha value is -2.90. The van der Waals surface area contributed by atoms with E-state index in [0.717, 1.165) is 32.4 Å². The minimum Gasteiger partial charge on any atom is -0.347 e. The molecule has 8 nitrogen and oxygen atoms in total. The molecule has 2 aromatic heterocycles. The van der Waals surface area contributed by atoms with Crippen LogP contribution in [0.4, 0.5) is 5.95 Å². The van der Waals surface area contributed by atoms with Gasteiger partial charge in [0.15, 0.2) is 0 Å². The van der Waals surface area contributed by atoms with Gasteiger partial charge in [0.1, 0.15) is 5.69 Å². The fourth-order valence-electron chi connectivity index (χ4n) is 5.85. The minimum atomic E-state index is -0.416. The maximum absolute atomic E-state index is 13.4. The van der Waals surface area contributed by atoms with Crippen molar-refractivity contribution in [3.63, 3.8) is 0 Å². The normalized spacial score (nSPS) is 25.7. The van der Waals surface area contributed by atoms with Crippen LogP contribution in [0.25, 0.3) is 0 Å². The van der Waals surface area contributed by atoms with Gasteiger partial charge in [0.25, 0.3) is 5.91 Å². The Morgan fingerprint density at radius 3 is 2.33 bits per heavy atom. The number of aryl methyl sites for hydroxylation is 1. The Morgan fingerprint density at radius 2 is 1.73 bits per heavy atom. The van der Waals surface area contributed by atoms with E-state index >= 15 is 0 Å². The second-order valence-electron chi connectivity index (χ2n) is 9.04. The predicted octanol–water partition coefficient (Wildman–Crippen LogP) is 1.41. The molecule has 3 aliphatic heterocycles. The van der Waals surface area contributed by atoms with Crippen molar-refractivity contribution in [3.05, 3.63) is 42.5 Å². The summed E-state index contributed by atoms with van der Waals surface area (Å²) < 4.78 is 1.87. The first-order chi connectivity index (χ1) is 14.5. The molecule has 5 heterocycles. The Morgan fingerprint density at radius 1 is 1.00 bits per heavy atom. The second kappa shape index (κ2) is 6.82. The largest absolute Gasteiger partial charge is 0.347 e. The van der Waals surface area contributed by atoms with Crippen LogP contribution in [-0.4, -0.2) is 75.9 Å². The first-order valence-electron chi connectivity index (χ1n) is 10.6. The van der Waals surface area contributed by atoms with Crippen molar-refractivity contribution in [1.29, 1.82) is 0 Å². The first-order valence-corrected chi connectivity index (χ1v) is 10.6. The SMILES string of the molecule is CN1CC[C@@]2(CN(c3ncccn3)CC23CCN(C(=O)c2cccn2C)CC3)C1=O. The van der Waals surface area contributed by atoms with Gasteiger partial charge in [-0.15, -0.1) is 0 Å². The Labute approximate surface area is 176 Å². The third-order valence-corrected chi connectivity index (χ3v) is 7.61. The number of carbonyl (C=O) groups is 2. The van der Waals surface area contributed by atoms with Crippen molar-refractivity contribution in [2.75, 3.05) is 44.7 Å². The number of aromatic nitrogens is 3. The highest BCUT2D eigenvalue weighted by Gasteiger charge is 2.65. The molecule has 0 unspecified atom stereocenters. The minimum absolute atomic E-state index is 0.0718. The van der Waals surface area contributed by atoms with E-state index in [0.29, 0.717) is 31.3 Å². The van der Waals surface area contributed by atoms with Crippen LogP contribution in [0.5, 0.6) is 0 Å². The zero-order valence-corrected chi connectivity index (χ0v) is 17.6. The zero-order valence-electron chi connectivity index (χ0n) is 17.6. The van der Waals surface area contributed by atoms with Gasteiger partial charge in [-0.2, -0.15) is 0 Å². The molecule has 0 aliphatic carbocycles. The van der Waals surface area contributed by atoms with Crippen molar-refractivity contribution in [3.8, 4) is 0 Å². The molecule has 3 aliphatic rings. The van der Waals surface area contributed by atoms with E-state index in [4.69, 9.17) is 0 Å². The van der Waals surface area contributed by atoms with Gasteiger partial charge in [-0.05, 0) is 37.5 Å². The molecule has 8 heteroatoms. The lowest BCUT2D eigenvalue weighted by atomic mass is 9.60. The van der Waals surface area contributed by atoms with Crippen molar-refractivity contribution < 1.29 is 9.59 Å². The molecule has 0 N–H and O–H groups in total. The Kier molecular flexibility index (Phi) is 4.34. The Balaban J connectivity index is 1.42. The van der Waals surface area contributed by atoms with E-state index in [-0.39, 0.29) is 17.2 Å². The topological polar surface area (TPSA) is 74.6 Å². The highest BCUT2D eigenvalue weighted by Crippen LogP contribution is 2.58. The summed E-state index contributed by atoms with van der Waals surface area (Å²) in [5.74, 6) is 1.00. The summed E-state index contributed by atoms with van der Waals surface area (Å²) in [6.07, 6.45) is 7.92. The number of carbonyl (C=O) groups excluding carboxylic acids is 2. The van der Waals surface area contributed by atoms with Crippen LogP contribution in [0.1, 0.15) is 29.8 Å². The van der Waals surface area contributed by atoms with Crippen LogP contribution in [0.15, 0.2) is 36.8 Å². The van der Waals surface area contributed by atoms with Gasteiger partial charge in [-0.3, -0.25) is 9.59 Å². The molecule has 158 valence electrons. The number of fused-ring (bicyclic) bond motifs is 1. The molecule has 3 saturated heterocycles. The summed E-state index contributed by atoms with van der Waals surface area (Å²) in [6.45, 7) is 3.56. The third kappa shape index (κ3) is 2.66.